The minimum Gasteiger partial charge on any atom is -0.493 e. The predicted octanol–water partition coefficient (Wildman–Crippen LogP) is 3.72. The zero-order valence-electron chi connectivity index (χ0n) is 16.8. The summed E-state index contributed by atoms with van der Waals surface area (Å²) < 4.78 is 48.0. The van der Waals surface area contributed by atoms with Crippen LogP contribution in [-0.4, -0.2) is 37.2 Å². The van der Waals surface area contributed by atoms with Crippen molar-refractivity contribution in [2.45, 2.75) is 20.0 Å². The van der Waals surface area contributed by atoms with Gasteiger partial charge in [-0.1, -0.05) is 13.8 Å². The van der Waals surface area contributed by atoms with E-state index in [2.05, 4.69) is 20.0 Å². The fourth-order valence-electron chi connectivity index (χ4n) is 2.24. The highest BCUT2D eigenvalue weighted by atomic mass is 19.4. The Labute approximate surface area is 172 Å². The van der Waals surface area contributed by atoms with Crippen LogP contribution in [0, 0.1) is 5.41 Å². The number of benzene rings is 1. The van der Waals surface area contributed by atoms with Gasteiger partial charge in [-0.25, -0.2) is 9.78 Å². The maximum Gasteiger partial charge on any atom is 0.416 e. The van der Waals surface area contributed by atoms with Crippen molar-refractivity contribution < 1.29 is 27.4 Å². The Bertz CT molecular complexity index is 880. The number of carbonyl (C=O) groups is 1. The molecule has 0 spiro atoms. The van der Waals surface area contributed by atoms with E-state index in [1.165, 1.54) is 31.5 Å². The Balaban J connectivity index is 1.88. The second-order valence-corrected chi connectivity index (χ2v) is 7.23. The van der Waals surface area contributed by atoms with Crippen LogP contribution in [-0.2, 0) is 10.9 Å². The van der Waals surface area contributed by atoms with Gasteiger partial charge in [-0.3, -0.25) is 4.99 Å². The SMILES string of the molecule is COC(=O)c1ccc(NC(N)=NCC(C)(C)COc2ccc(C(F)(F)F)cc2)nc1. The number of carbonyl (C=O) groups excluding carboxylic acids is 1. The molecule has 0 atom stereocenters. The van der Waals surface area contributed by atoms with Gasteiger partial charge < -0.3 is 20.5 Å². The second-order valence-electron chi connectivity index (χ2n) is 7.23. The average Bonchev–Trinajstić information content (AvgIpc) is 2.70. The molecule has 1 heterocycles. The number of nitrogens with zero attached hydrogens (tertiary/aromatic N) is 2. The molecule has 7 nitrogen and oxygen atoms in total. The molecule has 0 saturated carbocycles. The summed E-state index contributed by atoms with van der Waals surface area (Å²) in [4.78, 5) is 19.7. The number of guanidine groups is 1. The number of hydrogen-bond acceptors (Lipinski definition) is 5. The lowest BCUT2D eigenvalue weighted by Gasteiger charge is -2.23. The van der Waals surface area contributed by atoms with E-state index in [1.807, 2.05) is 13.8 Å². The standard InChI is InChI=1S/C20H23F3N4O3/c1-19(2,12-30-15-7-5-14(6-8-15)20(21,22)23)11-26-18(24)27-16-9-4-13(10-25-16)17(28)29-3/h4-10H,11-12H2,1-3H3,(H3,24,25,26,27). The van der Waals surface area contributed by atoms with E-state index in [0.29, 0.717) is 23.7 Å². The smallest absolute Gasteiger partial charge is 0.416 e. The topological polar surface area (TPSA) is 98.8 Å². The number of esters is 1. The normalized spacial score (nSPS) is 12.4. The molecule has 2 rings (SSSR count). The summed E-state index contributed by atoms with van der Waals surface area (Å²) in [6, 6.07) is 7.61. The van der Waals surface area contributed by atoms with Crippen LogP contribution in [0.2, 0.25) is 0 Å². The van der Waals surface area contributed by atoms with E-state index in [9.17, 15) is 18.0 Å². The Kier molecular flexibility index (Phi) is 7.25. The molecule has 0 saturated heterocycles. The first-order valence-electron chi connectivity index (χ1n) is 8.91. The monoisotopic (exact) mass is 424 g/mol. The van der Waals surface area contributed by atoms with Crippen LogP contribution in [0.25, 0.3) is 0 Å². The van der Waals surface area contributed by atoms with Crippen LogP contribution < -0.4 is 15.8 Å². The fourth-order valence-corrected chi connectivity index (χ4v) is 2.24. The molecule has 10 heteroatoms. The van der Waals surface area contributed by atoms with Crippen molar-refractivity contribution in [3.8, 4) is 5.75 Å². The van der Waals surface area contributed by atoms with Crippen molar-refractivity contribution in [1.29, 1.82) is 0 Å². The largest absolute Gasteiger partial charge is 0.493 e. The summed E-state index contributed by atoms with van der Waals surface area (Å²) in [6.45, 7) is 4.29. The number of hydrogen-bond donors (Lipinski definition) is 2. The van der Waals surface area contributed by atoms with Crippen LogP contribution in [0.15, 0.2) is 47.6 Å². The number of pyridine rings is 1. The van der Waals surface area contributed by atoms with Gasteiger partial charge in [-0.05, 0) is 36.4 Å². The lowest BCUT2D eigenvalue weighted by molar-refractivity contribution is -0.137. The van der Waals surface area contributed by atoms with Crippen molar-refractivity contribution in [1.82, 2.24) is 4.98 Å². The third kappa shape index (κ3) is 6.94. The molecule has 0 unspecified atom stereocenters. The molecule has 162 valence electrons. The molecule has 0 bridgehead atoms. The second kappa shape index (κ2) is 9.47. The number of nitrogens with one attached hydrogen (secondary N) is 1. The van der Waals surface area contributed by atoms with E-state index < -0.39 is 23.1 Å². The Morgan fingerprint density at radius 3 is 2.37 bits per heavy atom. The van der Waals surface area contributed by atoms with Crippen LogP contribution in [0.1, 0.15) is 29.8 Å². The van der Waals surface area contributed by atoms with Crippen LogP contribution in [0.5, 0.6) is 5.75 Å². The van der Waals surface area contributed by atoms with Gasteiger partial charge in [-0.2, -0.15) is 13.2 Å². The molecule has 0 radical (unpaired) electrons. The van der Waals surface area contributed by atoms with E-state index in [0.717, 1.165) is 12.1 Å². The molecule has 0 aliphatic carbocycles. The first kappa shape index (κ1) is 23.0. The van der Waals surface area contributed by atoms with Gasteiger partial charge in [0.05, 0.1) is 31.4 Å². The van der Waals surface area contributed by atoms with Gasteiger partial charge in [0.25, 0.3) is 0 Å². The van der Waals surface area contributed by atoms with E-state index in [1.54, 1.807) is 6.07 Å². The van der Waals surface area contributed by atoms with E-state index in [4.69, 9.17) is 10.5 Å². The highest BCUT2D eigenvalue weighted by Crippen LogP contribution is 2.30. The molecular weight excluding hydrogens is 401 g/mol. The van der Waals surface area contributed by atoms with E-state index in [-0.39, 0.29) is 12.6 Å². The molecular formula is C20H23F3N4O3. The fraction of sp³-hybridized carbons (Fsp3) is 0.350. The van der Waals surface area contributed by atoms with Crippen LogP contribution >= 0.6 is 0 Å². The number of aromatic nitrogens is 1. The third-order valence-electron chi connectivity index (χ3n) is 3.93. The van der Waals surface area contributed by atoms with Gasteiger partial charge in [0.1, 0.15) is 11.6 Å². The number of aliphatic imine (C=N–C) groups is 1. The molecule has 2 aromatic rings. The van der Waals surface area contributed by atoms with Crippen LogP contribution in [0.4, 0.5) is 19.0 Å². The van der Waals surface area contributed by atoms with E-state index >= 15 is 0 Å². The minimum atomic E-state index is -4.38. The number of ether oxygens (including phenoxy) is 2. The van der Waals surface area contributed by atoms with Crippen LogP contribution in [0.3, 0.4) is 0 Å². The van der Waals surface area contributed by atoms with Crippen molar-refractivity contribution in [3.05, 3.63) is 53.7 Å². The van der Waals surface area contributed by atoms with Gasteiger partial charge in [0, 0.05) is 11.6 Å². The van der Waals surface area contributed by atoms with Gasteiger partial charge >= 0.3 is 12.1 Å². The lowest BCUT2D eigenvalue weighted by atomic mass is 9.95. The van der Waals surface area contributed by atoms with Crippen molar-refractivity contribution in [2.75, 3.05) is 25.6 Å². The molecule has 0 amide bonds. The molecule has 0 aliphatic rings. The number of methoxy groups -OCH3 is 1. The van der Waals surface area contributed by atoms with Gasteiger partial charge in [-0.15, -0.1) is 0 Å². The first-order valence-corrected chi connectivity index (χ1v) is 8.91. The Morgan fingerprint density at radius 2 is 1.83 bits per heavy atom. The minimum absolute atomic E-state index is 0.121. The molecule has 0 fully saturated rings. The molecule has 30 heavy (non-hydrogen) atoms. The average molecular weight is 424 g/mol. The maximum atomic E-state index is 12.6. The quantitative estimate of drug-likeness (QED) is 0.399. The lowest BCUT2D eigenvalue weighted by Crippen LogP contribution is -2.29. The predicted molar refractivity (Wildman–Crippen MR) is 106 cm³/mol. The van der Waals surface area contributed by atoms with Crippen molar-refractivity contribution in [3.63, 3.8) is 0 Å². The molecule has 0 aliphatic heterocycles. The number of anilines is 1. The Hall–Kier alpha value is -3.30. The summed E-state index contributed by atoms with van der Waals surface area (Å²) >= 11 is 0. The molecule has 3 N–H and O–H groups in total. The summed E-state index contributed by atoms with van der Waals surface area (Å²) in [7, 11) is 1.28. The number of rotatable bonds is 7. The highest BCUT2D eigenvalue weighted by molar-refractivity contribution is 5.92. The third-order valence-corrected chi connectivity index (χ3v) is 3.93. The van der Waals surface area contributed by atoms with Crippen molar-refractivity contribution >= 4 is 17.7 Å². The summed E-state index contributed by atoms with van der Waals surface area (Å²) in [5, 5.41) is 2.81. The number of halogens is 3. The zero-order chi connectivity index (χ0) is 22.4. The summed E-state index contributed by atoms with van der Waals surface area (Å²) in [5.41, 5.74) is 5.00. The maximum absolute atomic E-state index is 12.6. The van der Waals surface area contributed by atoms with Gasteiger partial charge in [0.2, 0.25) is 0 Å². The number of nitrogens with two attached hydrogens (primary N) is 1. The summed E-state index contributed by atoms with van der Waals surface area (Å²) in [6.07, 6.45) is -3.03. The number of alkyl halides is 3. The zero-order valence-corrected chi connectivity index (χ0v) is 16.8. The Morgan fingerprint density at radius 1 is 1.17 bits per heavy atom. The molecule has 1 aromatic heterocycles. The highest BCUT2D eigenvalue weighted by Gasteiger charge is 2.30. The first-order chi connectivity index (χ1) is 14.0. The molecule has 1 aromatic carbocycles. The van der Waals surface area contributed by atoms with Crippen molar-refractivity contribution in [2.24, 2.45) is 16.1 Å². The van der Waals surface area contributed by atoms with Gasteiger partial charge in [0.15, 0.2) is 5.96 Å². The summed E-state index contributed by atoms with van der Waals surface area (Å²) in [5.74, 6) is 0.366.